The van der Waals surface area contributed by atoms with Gasteiger partial charge in [0.25, 0.3) is 0 Å². The molecule has 1 fully saturated rings. The number of benzene rings is 2. The summed E-state index contributed by atoms with van der Waals surface area (Å²) in [6.45, 7) is 2.36. The zero-order chi connectivity index (χ0) is 19.9. The molecular weight excluding hydrogens is 376 g/mol. The zero-order valence-electron chi connectivity index (χ0n) is 15.8. The van der Waals surface area contributed by atoms with Gasteiger partial charge in [-0.25, -0.2) is 8.42 Å². The van der Waals surface area contributed by atoms with E-state index >= 15 is 0 Å². The van der Waals surface area contributed by atoms with Crippen LogP contribution in [0, 0.1) is 5.92 Å². The van der Waals surface area contributed by atoms with Gasteiger partial charge in [-0.15, -0.1) is 0 Å². The Kier molecular flexibility index (Phi) is 4.89. The van der Waals surface area contributed by atoms with Crippen LogP contribution < -0.4 is 10.2 Å². The quantitative estimate of drug-likeness (QED) is 0.806. The van der Waals surface area contributed by atoms with Gasteiger partial charge in [0.15, 0.2) is 9.84 Å². The van der Waals surface area contributed by atoms with Gasteiger partial charge in [-0.1, -0.05) is 18.2 Å². The third-order valence-electron chi connectivity index (χ3n) is 5.36. The number of aliphatic hydroxyl groups excluding tert-OH is 1. The van der Waals surface area contributed by atoms with Crippen LogP contribution in [0.2, 0.25) is 0 Å². The molecule has 1 atom stereocenters. The topological polar surface area (TPSA) is 86.7 Å². The normalized spacial score (nSPS) is 19.1. The number of amides is 1. The molecule has 1 aliphatic heterocycles. The fraction of sp³-hybridized carbons (Fsp3) is 0.381. The number of hydrogen-bond donors (Lipinski definition) is 2. The molecule has 2 N–H and O–H groups in total. The SMILES string of the molecule is C[C@H]1CNc2cc(-c3ccc(S(=O)(=O)CCO)cc3)ccc2N1C(=O)C1CC1. The Labute approximate surface area is 165 Å². The summed E-state index contributed by atoms with van der Waals surface area (Å²) in [5.74, 6) is 0.0981. The first kappa shape index (κ1) is 19.0. The Bertz CT molecular complexity index is 998. The number of carbonyl (C=O) groups is 1. The Morgan fingerprint density at radius 1 is 1.14 bits per heavy atom. The zero-order valence-corrected chi connectivity index (χ0v) is 16.6. The highest BCUT2D eigenvalue weighted by molar-refractivity contribution is 7.91. The molecule has 28 heavy (non-hydrogen) atoms. The molecular formula is C21H24N2O4S. The molecule has 0 radical (unpaired) electrons. The number of anilines is 2. The molecule has 7 heteroatoms. The number of hydrogen-bond acceptors (Lipinski definition) is 5. The lowest BCUT2D eigenvalue weighted by atomic mass is 10.0. The van der Waals surface area contributed by atoms with Crippen molar-refractivity contribution in [3.8, 4) is 11.1 Å². The van der Waals surface area contributed by atoms with Crippen LogP contribution in [0.25, 0.3) is 11.1 Å². The molecule has 2 aromatic carbocycles. The van der Waals surface area contributed by atoms with Gasteiger partial charge in [-0.2, -0.15) is 0 Å². The maximum atomic E-state index is 12.7. The predicted octanol–water partition coefficient (Wildman–Crippen LogP) is 2.68. The van der Waals surface area contributed by atoms with Crippen LogP contribution in [0.1, 0.15) is 19.8 Å². The smallest absolute Gasteiger partial charge is 0.230 e. The summed E-state index contributed by atoms with van der Waals surface area (Å²) in [5, 5.41) is 12.3. The number of nitrogens with zero attached hydrogens (tertiary/aromatic N) is 1. The standard InChI is InChI=1S/C21H24N2O4S/c1-14-13-22-19-12-17(6-9-20(19)23(14)21(25)16-2-3-16)15-4-7-18(8-5-15)28(26,27)11-10-24/h4-9,12,14,16,22,24H,2-3,10-11,13H2,1H3/t14-/m0/s1. The largest absolute Gasteiger partial charge is 0.395 e. The molecule has 2 aromatic rings. The number of nitrogens with one attached hydrogen (secondary N) is 1. The van der Waals surface area contributed by atoms with Gasteiger partial charge in [0, 0.05) is 12.5 Å². The van der Waals surface area contributed by atoms with Crippen LogP contribution in [-0.2, 0) is 14.6 Å². The van der Waals surface area contributed by atoms with Gasteiger partial charge in [0.2, 0.25) is 5.91 Å². The lowest BCUT2D eigenvalue weighted by Gasteiger charge is -2.36. The molecule has 2 aliphatic rings. The van der Waals surface area contributed by atoms with Gasteiger partial charge in [0.05, 0.1) is 34.7 Å². The van der Waals surface area contributed by atoms with Crippen molar-refractivity contribution < 1.29 is 18.3 Å². The minimum Gasteiger partial charge on any atom is -0.395 e. The number of aliphatic hydroxyl groups is 1. The summed E-state index contributed by atoms with van der Waals surface area (Å²) in [5.41, 5.74) is 3.67. The van der Waals surface area contributed by atoms with Crippen LogP contribution in [-0.4, -0.2) is 44.4 Å². The molecule has 0 aromatic heterocycles. The molecule has 1 heterocycles. The average Bonchev–Trinajstić information content (AvgIpc) is 3.52. The van der Waals surface area contributed by atoms with Gasteiger partial charge >= 0.3 is 0 Å². The monoisotopic (exact) mass is 400 g/mol. The maximum absolute atomic E-state index is 12.7. The Morgan fingerprint density at radius 3 is 2.46 bits per heavy atom. The lowest BCUT2D eigenvalue weighted by molar-refractivity contribution is -0.120. The van der Waals surface area contributed by atoms with Crippen molar-refractivity contribution in [1.82, 2.24) is 0 Å². The van der Waals surface area contributed by atoms with E-state index in [-0.39, 0.29) is 28.5 Å². The van der Waals surface area contributed by atoms with E-state index in [4.69, 9.17) is 5.11 Å². The van der Waals surface area contributed by atoms with E-state index in [1.807, 2.05) is 23.1 Å². The highest BCUT2D eigenvalue weighted by atomic mass is 32.2. The second-order valence-electron chi connectivity index (χ2n) is 7.51. The minimum absolute atomic E-state index is 0.113. The highest BCUT2D eigenvalue weighted by Gasteiger charge is 2.38. The first-order valence-corrected chi connectivity index (χ1v) is 11.2. The number of carbonyl (C=O) groups excluding carboxylic acids is 1. The Balaban J connectivity index is 1.63. The van der Waals surface area contributed by atoms with Crippen molar-refractivity contribution in [1.29, 1.82) is 0 Å². The highest BCUT2D eigenvalue weighted by Crippen LogP contribution is 2.39. The fourth-order valence-electron chi connectivity index (χ4n) is 3.61. The summed E-state index contributed by atoms with van der Waals surface area (Å²) in [4.78, 5) is 14.8. The molecule has 0 spiro atoms. The van der Waals surface area contributed by atoms with E-state index in [0.717, 1.165) is 35.3 Å². The fourth-order valence-corrected chi connectivity index (χ4v) is 4.64. The Hall–Kier alpha value is -2.38. The maximum Gasteiger partial charge on any atom is 0.230 e. The van der Waals surface area contributed by atoms with Crippen LogP contribution in [0.5, 0.6) is 0 Å². The molecule has 148 valence electrons. The van der Waals surface area contributed by atoms with Crippen molar-refractivity contribution in [2.75, 3.05) is 29.1 Å². The van der Waals surface area contributed by atoms with E-state index in [2.05, 4.69) is 12.2 Å². The van der Waals surface area contributed by atoms with E-state index in [1.54, 1.807) is 24.3 Å². The van der Waals surface area contributed by atoms with E-state index in [0.29, 0.717) is 6.54 Å². The first-order valence-electron chi connectivity index (χ1n) is 9.56. The van der Waals surface area contributed by atoms with E-state index in [1.165, 1.54) is 0 Å². The van der Waals surface area contributed by atoms with Crippen molar-refractivity contribution in [2.45, 2.75) is 30.7 Å². The summed E-state index contributed by atoms with van der Waals surface area (Å²) < 4.78 is 24.1. The molecule has 0 saturated heterocycles. The van der Waals surface area contributed by atoms with Crippen molar-refractivity contribution in [2.24, 2.45) is 5.92 Å². The van der Waals surface area contributed by atoms with Crippen molar-refractivity contribution in [3.05, 3.63) is 42.5 Å². The molecule has 4 rings (SSSR count). The van der Waals surface area contributed by atoms with Crippen LogP contribution in [0.4, 0.5) is 11.4 Å². The van der Waals surface area contributed by atoms with Gasteiger partial charge in [-0.05, 0) is 55.2 Å². The van der Waals surface area contributed by atoms with Gasteiger partial charge in [-0.3, -0.25) is 4.79 Å². The number of rotatable bonds is 5. The van der Waals surface area contributed by atoms with Gasteiger partial charge < -0.3 is 15.3 Å². The third-order valence-corrected chi connectivity index (χ3v) is 7.07. The van der Waals surface area contributed by atoms with Crippen molar-refractivity contribution in [3.63, 3.8) is 0 Å². The van der Waals surface area contributed by atoms with Crippen LogP contribution >= 0.6 is 0 Å². The summed E-state index contributed by atoms with van der Waals surface area (Å²) >= 11 is 0. The predicted molar refractivity (Wildman–Crippen MR) is 109 cm³/mol. The van der Waals surface area contributed by atoms with E-state index < -0.39 is 16.4 Å². The third kappa shape index (κ3) is 3.52. The van der Waals surface area contributed by atoms with Crippen molar-refractivity contribution >= 4 is 27.1 Å². The molecule has 6 nitrogen and oxygen atoms in total. The minimum atomic E-state index is -3.46. The average molecular weight is 401 g/mol. The molecule has 0 unspecified atom stereocenters. The first-order chi connectivity index (χ1) is 13.4. The van der Waals surface area contributed by atoms with Gasteiger partial charge in [0.1, 0.15) is 0 Å². The summed E-state index contributed by atoms with van der Waals surface area (Å²) in [7, 11) is -3.46. The van der Waals surface area contributed by atoms with E-state index in [9.17, 15) is 13.2 Å². The number of sulfone groups is 1. The Morgan fingerprint density at radius 2 is 1.82 bits per heavy atom. The van der Waals surface area contributed by atoms with Crippen LogP contribution in [0.3, 0.4) is 0 Å². The molecule has 1 aliphatic carbocycles. The second-order valence-corrected chi connectivity index (χ2v) is 9.62. The molecule has 1 saturated carbocycles. The summed E-state index contributed by atoms with van der Waals surface area (Å²) in [6.07, 6.45) is 1.96. The van der Waals surface area contributed by atoms with Crippen LogP contribution in [0.15, 0.2) is 47.4 Å². The number of fused-ring (bicyclic) bond motifs is 1. The summed E-state index contributed by atoms with van der Waals surface area (Å²) in [6, 6.07) is 12.7. The molecule has 0 bridgehead atoms. The molecule has 1 amide bonds. The second kappa shape index (κ2) is 7.22. The lowest BCUT2D eigenvalue weighted by Crippen LogP contribution is -2.46.